The number of hydrogen-bond acceptors (Lipinski definition) is 1. The average Bonchev–Trinajstić information content (AvgIpc) is 2.62. The summed E-state index contributed by atoms with van der Waals surface area (Å²) >= 11 is 12.5. The highest BCUT2D eigenvalue weighted by molar-refractivity contribution is 7.81. The van der Waals surface area contributed by atoms with Gasteiger partial charge in [0.25, 0.3) is 0 Å². The molecule has 0 saturated carbocycles. The molecule has 0 aliphatic heterocycles. The van der Waals surface area contributed by atoms with Crippen molar-refractivity contribution in [1.82, 2.24) is 0 Å². The van der Waals surface area contributed by atoms with Crippen molar-refractivity contribution >= 4 is 47.0 Å². The minimum atomic E-state index is -2.93. The fourth-order valence-electron chi connectivity index (χ4n) is 2.47. The van der Waals surface area contributed by atoms with Gasteiger partial charge in [0.1, 0.15) is 0 Å². The Morgan fingerprint density at radius 2 is 1.12 bits per heavy atom. The third-order valence-corrected chi connectivity index (χ3v) is 7.09. The van der Waals surface area contributed by atoms with Crippen LogP contribution < -0.4 is 10.6 Å². The zero-order valence-corrected chi connectivity index (χ0v) is 15.2. The molecule has 0 radical (unpaired) electrons. The molecule has 1 nitrogen and oxygen atoms in total. The van der Waals surface area contributed by atoms with Crippen LogP contribution in [0.3, 0.4) is 0 Å². The summed E-state index contributed by atoms with van der Waals surface area (Å²) in [4.78, 5) is 0. The molecule has 0 unspecified atom stereocenters. The summed E-state index contributed by atoms with van der Waals surface area (Å²) in [7, 11) is -2.93. The van der Waals surface area contributed by atoms with Gasteiger partial charge in [-0.2, -0.15) is 0 Å². The van der Waals surface area contributed by atoms with E-state index in [1.165, 1.54) is 0 Å². The second kappa shape index (κ2) is 7.40. The van der Waals surface area contributed by atoms with Crippen molar-refractivity contribution in [3.63, 3.8) is 0 Å². The molecule has 24 heavy (non-hydrogen) atoms. The van der Waals surface area contributed by atoms with Gasteiger partial charge < -0.3 is 4.57 Å². The van der Waals surface area contributed by atoms with Crippen LogP contribution in [0, 0.1) is 0 Å². The van der Waals surface area contributed by atoms with Gasteiger partial charge in [-0.25, -0.2) is 0 Å². The molecule has 0 aliphatic rings. The molecule has 0 spiro atoms. The SMILES string of the molecule is O=P(/C=C/c1c(Cl)cccc1Cl)(c1ccccc1)c1ccccc1. The van der Waals surface area contributed by atoms with Crippen molar-refractivity contribution in [2.24, 2.45) is 0 Å². The van der Waals surface area contributed by atoms with Crippen LogP contribution in [0.5, 0.6) is 0 Å². The fraction of sp³-hybridized carbons (Fsp3) is 0. The first-order valence-corrected chi connectivity index (χ1v) is 9.99. The zero-order chi connectivity index (χ0) is 17.0. The normalized spacial score (nSPS) is 11.8. The van der Waals surface area contributed by atoms with Crippen LogP contribution in [-0.4, -0.2) is 0 Å². The van der Waals surface area contributed by atoms with E-state index in [1.807, 2.05) is 60.7 Å². The Hall–Kier alpha value is -1.79. The van der Waals surface area contributed by atoms with E-state index in [0.29, 0.717) is 15.6 Å². The highest BCUT2D eigenvalue weighted by atomic mass is 35.5. The highest BCUT2D eigenvalue weighted by Crippen LogP contribution is 2.46. The number of benzene rings is 3. The van der Waals surface area contributed by atoms with Crippen LogP contribution in [0.15, 0.2) is 84.7 Å². The van der Waals surface area contributed by atoms with E-state index in [2.05, 4.69) is 0 Å². The molecule has 0 fully saturated rings. The summed E-state index contributed by atoms with van der Waals surface area (Å²) in [6, 6.07) is 24.2. The van der Waals surface area contributed by atoms with Crippen LogP contribution >= 0.6 is 30.3 Å². The summed E-state index contributed by atoms with van der Waals surface area (Å²) < 4.78 is 13.8. The van der Waals surface area contributed by atoms with Gasteiger partial charge in [-0.3, -0.25) is 0 Å². The first-order valence-electron chi connectivity index (χ1n) is 7.45. The van der Waals surface area contributed by atoms with Crippen molar-refractivity contribution < 1.29 is 4.57 Å². The maximum absolute atomic E-state index is 13.8. The number of halogens is 2. The van der Waals surface area contributed by atoms with Crippen molar-refractivity contribution in [2.45, 2.75) is 0 Å². The predicted molar refractivity (Wildman–Crippen MR) is 105 cm³/mol. The van der Waals surface area contributed by atoms with Gasteiger partial charge in [-0.15, -0.1) is 0 Å². The van der Waals surface area contributed by atoms with Crippen LogP contribution in [0.2, 0.25) is 10.0 Å². The van der Waals surface area contributed by atoms with Gasteiger partial charge >= 0.3 is 0 Å². The molecule has 3 aromatic rings. The van der Waals surface area contributed by atoms with Crippen molar-refractivity contribution in [2.75, 3.05) is 0 Å². The summed E-state index contributed by atoms with van der Waals surface area (Å²) in [5.41, 5.74) is 0.674. The lowest BCUT2D eigenvalue weighted by atomic mass is 10.2. The second-order valence-electron chi connectivity index (χ2n) is 5.28. The van der Waals surface area contributed by atoms with Crippen LogP contribution in [0.25, 0.3) is 6.08 Å². The molecular weight excluding hydrogens is 358 g/mol. The number of hydrogen-bond donors (Lipinski definition) is 0. The molecule has 3 aromatic carbocycles. The Bertz CT molecular complexity index is 842. The standard InChI is InChI=1S/C20H15Cl2OP/c21-19-12-7-13-20(22)18(19)14-15-24(23,16-8-3-1-4-9-16)17-10-5-2-6-11-17/h1-15H/b15-14+. The fourth-order valence-corrected chi connectivity index (χ4v) is 5.22. The Labute approximate surface area is 151 Å². The summed E-state index contributed by atoms with van der Waals surface area (Å²) in [5.74, 6) is 1.73. The van der Waals surface area contributed by atoms with E-state index < -0.39 is 7.14 Å². The average molecular weight is 373 g/mol. The smallest absolute Gasteiger partial charge is 0.164 e. The quantitative estimate of drug-likeness (QED) is 0.515. The molecule has 0 amide bonds. The molecule has 0 heterocycles. The van der Waals surface area contributed by atoms with Crippen LogP contribution in [0.4, 0.5) is 0 Å². The molecular formula is C20H15Cl2OP. The van der Waals surface area contributed by atoms with Gasteiger partial charge in [-0.1, -0.05) is 89.9 Å². The highest BCUT2D eigenvalue weighted by Gasteiger charge is 2.23. The summed E-state index contributed by atoms with van der Waals surface area (Å²) in [6.07, 6.45) is 1.76. The molecule has 4 heteroatoms. The maximum Gasteiger partial charge on any atom is 0.164 e. The second-order valence-corrected chi connectivity index (χ2v) is 8.74. The zero-order valence-electron chi connectivity index (χ0n) is 12.8. The van der Waals surface area contributed by atoms with Gasteiger partial charge in [0.05, 0.1) is 0 Å². The Kier molecular flexibility index (Phi) is 5.26. The predicted octanol–water partition coefficient (Wildman–Crippen LogP) is 5.98. The van der Waals surface area contributed by atoms with Crippen molar-refractivity contribution in [3.05, 3.63) is 100 Å². The lowest BCUT2D eigenvalue weighted by Gasteiger charge is -2.15. The Morgan fingerprint density at radius 3 is 1.58 bits per heavy atom. The molecule has 0 aliphatic carbocycles. The van der Waals surface area contributed by atoms with Gasteiger partial charge in [0.15, 0.2) is 7.14 Å². The molecule has 0 saturated heterocycles. The molecule has 0 aromatic heterocycles. The molecule has 3 rings (SSSR count). The first-order chi connectivity index (χ1) is 11.6. The topological polar surface area (TPSA) is 17.1 Å². The molecule has 0 atom stereocenters. The van der Waals surface area contributed by atoms with E-state index in [-0.39, 0.29) is 0 Å². The molecule has 0 bridgehead atoms. The lowest BCUT2D eigenvalue weighted by molar-refractivity contribution is 0.592. The van der Waals surface area contributed by atoms with E-state index in [4.69, 9.17) is 23.2 Å². The minimum Gasteiger partial charge on any atom is -0.309 e. The molecule has 0 N–H and O–H groups in total. The van der Waals surface area contributed by atoms with E-state index in [9.17, 15) is 4.57 Å². The van der Waals surface area contributed by atoms with E-state index in [0.717, 1.165) is 10.6 Å². The third kappa shape index (κ3) is 3.49. The lowest BCUT2D eigenvalue weighted by Crippen LogP contribution is -2.13. The summed E-state index contributed by atoms with van der Waals surface area (Å²) in [6.45, 7) is 0. The third-order valence-electron chi connectivity index (χ3n) is 3.73. The largest absolute Gasteiger partial charge is 0.309 e. The van der Waals surface area contributed by atoms with E-state index in [1.54, 1.807) is 30.1 Å². The van der Waals surface area contributed by atoms with Gasteiger partial charge in [-0.05, 0) is 24.0 Å². The van der Waals surface area contributed by atoms with Crippen LogP contribution in [0.1, 0.15) is 5.56 Å². The Morgan fingerprint density at radius 1 is 0.667 bits per heavy atom. The minimum absolute atomic E-state index is 0.534. The monoisotopic (exact) mass is 372 g/mol. The van der Waals surface area contributed by atoms with Crippen molar-refractivity contribution in [1.29, 1.82) is 0 Å². The van der Waals surface area contributed by atoms with Gasteiger partial charge in [0.2, 0.25) is 0 Å². The van der Waals surface area contributed by atoms with Gasteiger partial charge in [0, 0.05) is 26.2 Å². The molecule has 120 valence electrons. The maximum atomic E-state index is 13.8. The summed E-state index contributed by atoms with van der Waals surface area (Å²) in [5, 5.41) is 2.61. The van der Waals surface area contributed by atoms with Crippen molar-refractivity contribution in [3.8, 4) is 0 Å². The first kappa shape index (κ1) is 17.0. The number of rotatable bonds is 4. The Balaban J connectivity index is 2.14. The van der Waals surface area contributed by atoms with Crippen LogP contribution in [-0.2, 0) is 4.57 Å². The van der Waals surface area contributed by atoms with E-state index >= 15 is 0 Å².